The molecule has 1 aliphatic heterocycles. The summed E-state index contributed by atoms with van der Waals surface area (Å²) < 4.78 is 4.66. The summed E-state index contributed by atoms with van der Waals surface area (Å²) in [7, 11) is 2.18. The van der Waals surface area contributed by atoms with Crippen LogP contribution in [-0.4, -0.2) is 55.8 Å². The molecule has 0 saturated carbocycles. The van der Waals surface area contributed by atoms with Crippen molar-refractivity contribution in [2.24, 2.45) is 0 Å². The van der Waals surface area contributed by atoms with E-state index in [2.05, 4.69) is 58.7 Å². The van der Waals surface area contributed by atoms with Crippen LogP contribution in [0.25, 0.3) is 11.4 Å². The molecule has 1 fully saturated rings. The number of piperazine rings is 1. The molecule has 0 spiro atoms. The molecular weight excluding hydrogens is 380 g/mol. The minimum absolute atomic E-state index is 0.309. The van der Waals surface area contributed by atoms with Crippen LogP contribution in [0.5, 0.6) is 0 Å². The van der Waals surface area contributed by atoms with E-state index in [1.807, 2.05) is 33.7 Å². The highest BCUT2D eigenvalue weighted by molar-refractivity contribution is 7.71. The Morgan fingerprint density at radius 1 is 1.17 bits per heavy atom. The van der Waals surface area contributed by atoms with Crippen LogP contribution in [-0.2, 0) is 13.2 Å². The first-order valence-corrected chi connectivity index (χ1v) is 10.2. The van der Waals surface area contributed by atoms with Crippen molar-refractivity contribution < 1.29 is 0 Å². The van der Waals surface area contributed by atoms with Crippen molar-refractivity contribution in [1.82, 2.24) is 29.1 Å². The van der Waals surface area contributed by atoms with Gasteiger partial charge in [-0.3, -0.25) is 14.5 Å². The van der Waals surface area contributed by atoms with Crippen molar-refractivity contribution in [3.8, 4) is 11.4 Å². The molecule has 0 amide bonds. The van der Waals surface area contributed by atoms with Gasteiger partial charge in [0.1, 0.15) is 0 Å². The van der Waals surface area contributed by atoms with E-state index in [0.717, 1.165) is 31.0 Å². The number of rotatable bonds is 6. The van der Waals surface area contributed by atoms with E-state index in [1.54, 1.807) is 6.20 Å². The van der Waals surface area contributed by atoms with E-state index in [9.17, 15) is 0 Å². The second-order valence-corrected chi connectivity index (χ2v) is 7.75. The Labute approximate surface area is 176 Å². The fourth-order valence-corrected chi connectivity index (χ4v) is 4.08. The molecule has 150 valence electrons. The number of hydrogen-bond acceptors (Lipinski definition) is 5. The summed E-state index contributed by atoms with van der Waals surface area (Å²) in [6, 6.07) is 14.9. The molecule has 1 unspecified atom stereocenters. The van der Waals surface area contributed by atoms with Gasteiger partial charge in [0.2, 0.25) is 0 Å². The average Bonchev–Trinajstić information content (AvgIpc) is 3.06. The normalized spacial score (nSPS) is 18.0. The number of allylic oxidation sites excluding steroid dienone is 1. The molecule has 1 saturated heterocycles. The average molecular weight is 407 g/mol. The smallest absolute Gasteiger partial charge is 0.199 e. The third kappa shape index (κ3) is 4.22. The lowest BCUT2D eigenvalue weighted by Crippen LogP contribution is -2.47. The summed E-state index contributed by atoms with van der Waals surface area (Å²) in [5.41, 5.74) is 2.28. The highest BCUT2D eigenvalue weighted by Crippen LogP contribution is 2.26. The number of likely N-dealkylation sites (N-methyl/N-ethyl adjacent to an activating group) is 1. The van der Waals surface area contributed by atoms with Gasteiger partial charge >= 0.3 is 0 Å². The lowest BCUT2D eigenvalue weighted by Gasteiger charge is -2.40. The zero-order valence-electron chi connectivity index (χ0n) is 16.7. The molecule has 7 heteroatoms. The van der Waals surface area contributed by atoms with Gasteiger partial charge in [0.15, 0.2) is 10.6 Å². The highest BCUT2D eigenvalue weighted by Gasteiger charge is 2.27. The van der Waals surface area contributed by atoms with Crippen LogP contribution in [0.4, 0.5) is 0 Å². The third-order valence-electron chi connectivity index (χ3n) is 5.35. The maximum absolute atomic E-state index is 5.78. The van der Waals surface area contributed by atoms with Crippen LogP contribution in [0, 0.1) is 4.77 Å². The number of benzene rings is 1. The van der Waals surface area contributed by atoms with Crippen LogP contribution >= 0.6 is 12.2 Å². The number of pyridine rings is 1. The quantitative estimate of drug-likeness (QED) is 0.462. The van der Waals surface area contributed by atoms with Gasteiger partial charge in [-0.1, -0.05) is 36.4 Å². The van der Waals surface area contributed by atoms with Crippen molar-refractivity contribution in [3.63, 3.8) is 0 Å². The molecule has 0 radical (unpaired) electrons. The number of hydrogen-bond donors (Lipinski definition) is 0. The van der Waals surface area contributed by atoms with Crippen LogP contribution < -0.4 is 0 Å². The van der Waals surface area contributed by atoms with Gasteiger partial charge in [0.05, 0.1) is 6.67 Å². The standard InChI is InChI=1S/C22H26N6S/c1-3-12-27-21(19-10-7-11-23-15-19)24-28(22(27)29)17-26-14-13-25(2)16-20(26)18-8-5-4-6-9-18/h3-11,15,20H,1,12-14,16-17H2,2H3. The predicted octanol–water partition coefficient (Wildman–Crippen LogP) is 3.61. The van der Waals surface area contributed by atoms with Crippen molar-refractivity contribution in [3.05, 3.63) is 77.8 Å². The molecule has 4 rings (SSSR count). The van der Waals surface area contributed by atoms with Gasteiger partial charge in [0, 0.05) is 50.2 Å². The Bertz CT molecular complexity index is 1010. The van der Waals surface area contributed by atoms with Gasteiger partial charge in [-0.15, -0.1) is 6.58 Å². The first kappa shape index (κ1) is 19.7. The monoisotopic (exact) mass is 406 g/mol. The molecule has 1 aliphatic rings. The van der Waals surface area contributed by atoms with E-state index < -0.39 is 0 Å². The van der Waals surface area contributed by atoms with E-state index >= 15 is 0 Å². The predicted molar refractivity (Wildman–Crippen MR) is 118 cm³/mol. The molecule has 0 bridgehead atoms. The Balaban J connectivity index is 1.68. The van der Waals surface area contributed by atoms with Crippen molar-refractivity contribution in [2.45, 2.75) is 19.3 Å². The summed E-state index contributed by atoms with van der Waals surface area (Å²) in [6.45, 7) is 8.14. The fraction of sp³-hybridized carbons (Fsp3) is 0.318. The number of nitrogens with zero attached hydrogens (tertiary/aromatic N) is 6. The van der Waals surface area contributed by atoms with Crippen LogP contribution in [0.15, 0.2) is 67.5 Å². The SMILES string of the molecule is C=CCn1c(-c2cccnc2)nn(CN2CCN(C)CC2c2ccccc2)c1=S. The Morgan fingerprint density at radius 2 is 2.00 bits per heavy atom. The van der Waals surface area contributed by atoms with Crippen LogP contribution in [0.1, 0.15) is 11.6 Å². The van der Waals surface area contributed by atoms with E-state index in [4.69, 9.17) is 17.3 Å². The van der Waals surface area contributed by atoms with E-state index in [0.29, 0.717) is 24.0 Å². The first-order valence-electron chi connectivity index (χ1n) is 9.84. The van der Waals surface area contributed by atoms with Crippen LogP contribution in [0.3, 0.4) is 0 Å². The number of aromatic nitrogens is 4. The van der Waals surface area contributed by atoms with Crippen molar-refractivity contribution in [2.75, 3.05) is 26.7 Å². The Kier molecular flexibility index (Phi) is 5.99. The summed E-state index contributed by atoms with van der Waals surface area (Å²) in [4.78, 5) is 9.08. The van der Waals surface area contributed by atoms with Crippen LogP contribution in [0.2, 0.25) is 0 Å². The molecule has 1 atom stereocenters. The molecule has 3 heterocycles. The summed E-state index contributed by atoms with van der Waals surface area (Å²) in [6.07, 6.45) is 5.44. The second kappa shape index (κ2) is 8.82. The lowest BCUT2D eigenvalue weighted by molar-refractivity contribution is 0.0583. The summed E-state index contributed by atoms with van der Waals surface area (Å²) in [5.74, 6) is 0.827. The maximum Gasteiger partial charge on any atom is 0.199 e. The molecule has 0 N–H and O–H groups in total. The lowest BCUT2D eigenvalue weighted by atomic mass is 10.0. The highest BCUT2D eigenvalue weighted by atomic mass is 32.1. The van der Waals surface area contributed by atoms with E-state index in [1.165, 1.54) is 5.56 Å². The minimum Gasteiger partial charge on any atom is -0.303 e. The second-order valence-electron chi connectivity index (χ2n) is 7.39. The topological polar surface area (TPSA) is 42.1 Å². The molecule has 6 nitrogen and oxygen atoms in total. The maximum atomic E-state index is 5.78. The Morgan fingerprint density at radius 3 is 2.72 bits per heavy atom. The van der Waals surface area contributed by atoms with Gasteiger partial charge in [0.25, 0.3) is 0 Å². The van der Waals surface area contributed by atoms with Gasteiger partial charge < -0.3 is 4.90 Å². The first-order chi connectivity index (χ1) is 14.2. The molecule has 2 aromatic heterocycles. The van der Waals surface area contributed by atoms with Gasteiger partial charge in [-0.2, -0.15) is 5.10 Å². The van der Waals surface area contributed by atoms with E-state index in [-0.39, 0.29) is 0 Å². The minimum atomic E-state index is 0.309. The van der Waals surface area contributed by atoms with Crippen molar-refractivity contribution >= 4 is 12.2 Å². The summed E-state index contributed by atoms with van der Waals surface area (Å²) in [5, 5.41) is 4.87. The fourth-order valence-electron chi connectivity index (χ4n) is 3.83. The Hall–Kier alpha value is -2.61. The molecule has 3 aromatic rings. The van der Waals surface area contributed by atoms with Gasteiger partial charge in [-0.25, -0.2) is 4.68 Å². The molecule has 1 aromatic carbocycles. The van der Waals surface area contributed by atoms with Gasteiger partial charge in [-0.05, 0) is 37.0 Å². The molecular formula is C22H26N6S. The largest absolute Gasteiger partial charge is 0.303 e. The summed E-state index contributed by atoms with van der Waals surface area (Å²) >= 11 is 5.78. The zero-order chi connectivity index (χ0) is 20.2. The molecule has 29 heavy (non-hydrogen) atoms. The van der Waals surface area contributed by atoms with Crippen molar-refractivity contribution in [1.29, 1.82) is 0 Å². The third-order valence-corrected chi connectivity index (χ3v) is 5.78. The molecule has 0 aliphatic carbocycles. The zero-order valence-corrected chi connectivity index (χ0v) is 17.5.